The third-order valence-electron chi connectivity index (χ3n) is 4.41. The van der Waals surface area contributed by atoms with Crippen LogP contribution in [0.25, 0.3) is 0 Å². The molecule has 1 aromatic carbocycles. The second kappa shape index (κ2) is 6.81. The van der Waals surface area contributed by atoms with E-state index >= 15 is 0 Å². The molecule has 1 atom stereocenters. The van der Waals surface area contributed by atoms with Gasteiger partial charge in [-0.3, -0.25) is 4.98 Å². The van der Waals surface area contributed by atoms with Crippen molar-refractivity contribution in [3.05, 3.63) is 77.4 Å². The van der Waals surface area contributed by atoms with E-state index < -0.39 is 5.97 Å². The Kier molecular flexibility index (Phi) is 4.57. The number of anilines is 1. The number of allylic oxidation sites excluding steroid dienone is 3. The molecule has 1 N–H and O–H groups in total. The molecule has 0 saturated carbocycles. The van der Waals surface area contributed by atoms with Crippen molar-refractivity contribution >= 4 is 11.7 Å². The third-order valence-corrected chi connectivity index (χ3v) is 4.41. The fourth-order valence-corrected chi connectivity index (χ4v) is 3.25. The minimum Gasteiger partial charge on any atom is -0.497 e. The summed E-state index contributed by atoms with van der Waals surface area (Å²) in [5, 5.41) is 9.84. The lowest BCUT2D eigenvalue weighted by atomic mass is 9.86. The van der Waals surface area contributed by atoms with Gasteiger partial charge in [-0.05, 0) is 43.7 Å². The lowest BCUT2D eigenvalue weighted by molar-refractivity contribution is -0.132. The first-order chi connectivity index (χ1) is 12.0. The van der Waals surface area contributed by atoms with Gasteiger partial charge in [-0.1, -0.05) is 18.2 Å². The SMILES string of the molecule is COc1ccc(C2C=C(C)N(c3cccnc3)C(C)=C2C(=O)O)cc1. The van der Waals surface area contributed by atoms with E-state index in [9.17, 15) is 9.90 Å². The van der Waals surface area contributed by atoms with Crippen LogP contribution in [0.2, 0.25) is 0 Å². The third kappa shape index (κ3) is 3.13. The molecule has 25 heavy (non-hydrogen) atoms. The molecule has 0 saturated heterocycles. The molecule has 0 spiro atoms. The van der Waals surface area contributed by atoms with E-state index in [-0.39, 0.29) is 5.92 Å². The summed E-state index contributed by atoms with van der Waals surface area (Å²) >= 11 is 0. The van der Waals surface area contributed by atoms with Crippen molar-refractivity contribution in [2.75, 3.05) is 12.0 Å². The quantitative estimate of drug-likeness (QED) is 0.916. The number of methoxy groups -OCH3 is 1. The Morgan fingerprint density at radius 1 is 1.20 bits per heavy atom. The molecule has 0 radical (unpaired) electrons. The van der Waals surface area contributed by atoms with Crippen LogP contribution in [0, 0.1) is 0 Å². The monoisotopic (exact) mass is 336 g/mol. The summed E-state index contributed by atoms with van der Waals surface area (Å²) < 4.78 is 5.19. The highest BCUT2D eigenvalue weighted by Gasteiger charge is 2.31. The molecule has 0 bridgehead atoms. The van der Waals surface area contributed by atoms with Crippen molar-refractivity contribution < 1.29 is 14.6 Å². The highest BCUT2D eigenvalue weighted by molar-refractivity contribution is 5.92. The number of carbonyl (C=O) groups is 1. The zero-order chi connectivity index (χ0) is 18.0. The summed E-state index contributed by atoms with van der Waals surface area (Å²) in [5.41, 5.74) is 3.79. The second-order valence-corrected chi connectivity index (χ2v) is 5.91. The van der Waals surface area contributed by atoms with Gasteiger partial charge < -0.3 is 14.7 Å². The van der Waals surface area contributed by atoms with Crippen LogP contribution in [0.5, 0.6) is 5.75 Å². The smallest absolute Gasteiger partial charge is 0.334 e. The minimum absolute atomic E-state index is 0.309. The van der Waals surface area contributed by atoms with Crippen LogP contribution in [-0.2, 0) is 4.79 Å². The fourth-order valence-electron chi connectivity index (χ4n) is 3.25. The zero-order valence-corrected chi connectivity index (χ0v) is 14.4. The van der Waals surface area contributed by atoms with E-state index in [0.717, 1.165) is 22.7 Å². The van der Waals surface area contributed by atoms with Gasteiger partial charge in [-0.15, -0.1) is 0 Å². The van der Waals surface area contributed by atoms with Gasteiger partial charge in [0.25, 0.3) is 0 Å². The maximum Gasteiger partial charge on any atom is 0.334 e. The summed E-state index contributed by atoms with van der Waals surface area (Å²) in [4.78, 5) is 18.1. The first kappa shape index (κ1) is 16.8. The largest absolute Gasteiger partial charge is 0.497 e. The van der Waals surface area contributed by atoms with Gasteiger partial charge in [0, 0.05) is 23.5 Å². The van der Waals surface area contributed by atoms with Gasteiger partial charge in [-0.2, -0.15) is 0 Å². The highest BCUT2D eigenvalue weighted by atomic mass is 16.5. The van der Waals surface area contributed by atoms with Crippen molar-refractivity contribution in [2.24, 2.45) is 0 Å². The van der Waals surface area contributed by atoms with E-state index in [1.165, 1.54) is 0 Å². The summed E-state index contributed by atoms with van der Waals surface area (Å²) in [7, 11) is 1.61. The van der Waals surface area contributed by atoms with Gasteiger partial charge in [-0.25, -0.2) is 4.79 Å². The Balaban J connectivity index is 2.09. The van der Waals surface area contributed by atoms with Crippen LogP contribution >= 0.6 is 0 Å². The van der Waals surface area contributed by atoms with Gasteiger partial charge in [0.1, 0.15) is 5.75 Å². The van der Waals surface area contributed by atoms with E-state index in [0.29, 0.717) is 11.3 Å². The average molecular weight is 336 g/mol. The fraction of sp³-hybridized carbons (Fsp3) is 0.200. The lowest BCUT2D eigenvalue weighted by Crippen LogP contribution is -2.29. The molecule has 5 nitrogen and oxygen atoms in total. The number of pyridine rings is 1. The van der Waals surface area contributed by atoms with Crippen LogP contribution < -0.4 is 9.64 Å². The molecule has 0 aliphatic carbocycles. The summed E-state index contributed by atoms with van der Waals surface area (Å²) in [6.07, 6.45) is 5.41. The molecule has 2 heterocycles. The van der Waals surface area contributed by atoms with Gasteiger partial charge in [0.15, 0.2) is 0 Å². The molecule has 0 amide bonds. The standard InChI is InChI=1S/C20H20N2O3/c1-13-11-18(15-6-8-17(25-3)9-7-15)19(20(23)24)14(2)22(13)16-5-4-10-21-12-16/h4-12,18H,1-3H3,(H,23,24). The number of nitrogens with zero attached hydrogens (tertiary/aromatic N) is 2. The highest BCUT2D eigenvalue weighted by Crippen LogP contribution is 2.39. The molecule has 2 aromatic rings. The van der Waals surface area contributed by atoms with Crippen LogP contribution in [-0.4, -0.2) is 23.2 Å². The Hall–Kier alpha value is -3.08. The predicted molar refractivity (Wildman–Crippen MR) is 96.5 cm³/mol. The van der Waals surface area contributed by atoms with E-state index in [1.54, 1.807) is 19.5 Å². The maximum atomic E-state index is 12.0. The average Bonchev–Trinajstić information content (AvgIpc) is 2.62. The first-order valence-electron chi connectivity index (χ1n) is 7.99. The van der Waals surface area contributed by atoms with Gasteiger partial charge in [0.05, 0.1) is 24.6 Å². The topological polar surface area (TPSA) is 62.7 Å². The number of benzene rings is 1. The summed E-state index contributed by atoms with van der Waals surface area (Å²) in [5.74, 6) is -0.484. The summed E-state index contributed by atoms with van der Waals surface area (Å²) in [6, 6.07) is 11.3. The van der Waals surface area contributed by atoms with Crippen LogP contribution in [0.4, 0.5) is 5.69 Å². The van der Waals surface area contributed by atoms with Crippen molar-refractivity contribution in [1.82, 2.24) is 4.98 Å². The number of hydrogen-bond donors (Lipinski definition) is 1. The molecule has 1 aliphatic heterocycles. The Morgan fingerprint density at radius 3 is 2.48 bits per heavy atom. The molecular weight excluding hydrogens is 316 g/mol. The molecular formula is C20H20N2O3. The molecule has 5 heteroatoms. The van der Waals surface area contributed by atoms with Gasteiger partial charge in [0.2, 0.25) is 0 Å². The minimum atomic E-state index is -0.920. The number of aliphatic carboxylic acids is 1. The van der Waals surface area contributed by atoms with Crippen LogP contribution in [0.15, 0.2) is 71.8 Å². The first-order valence-corrected chi connectivity index (χ1v) is 7.99. The van der Waals surface area contributed by atoms with E-state index in [1.807, 2.05) is 61.2 Å². The summed E-state index contributed by atoms with van der Waals surface area (Å²) in [6.45, 7) is 3.81. The second-order valence-electron chi connectivity index (χ2n) is 5.91. The molecule has 0 fully saturated rings. The van der Waals surface area contributed by atoms with Crippen molar-refractivity contribution in [1.29, 1.82) is 0 Å². The number of ether oxygens (including phenoxy) is 1. The molecule has 1 aliphatic rings. The van der Waals surface area contributed by atoms with Crippen molar-refractivity contribution in [2.45, 2.75) is 19.8 Å². The number of aromatic nitrogens is 1. The molecule has 128 valence electrons. The number of carboxylic acids is 1. The Labute approximate surface area is 146 Å². The molecule has 1 aromatic heterocycles. The van der Waals surface area contributed by atoms with Crippen molar-refractivity contribution in [3.8, 4) is 5.75 Å². The normalized spacial score (nSPS) is 17.3. The number of hydrogen-bond acceptors (Lipinski definition) is 4. The Morgan fingerprint density at radius 2 is 1.92 bits per heavy atom. The van der Waals surface area contributed by atoms with Crippen LogP contribution in [0.3, 0.4) is 0 Å². The zero-order valence-electron chi connectivity index (χ0n) is 14.4. The van der Waals surface area contributed by atoms with E-state index in [2.05, 4.69) is 4.98 Å². The molecule has 3 rings (SSSR count). The van der Waals surface area contributed by atoms with E-state index in [4.69, 9.17) is 4.74 Å². The van der Waals surface area contributed by atoms with Gasteiger partial charge >= 0.3 is 5.97 Å². The van der Waals surface area contributed by atoms with Crippen LogP contribution in [0.1, 0.15) is 25.3 Å². The lowest BCUT2D eigenvalue weighted by Gasteiger charge is -2.34. The maximum absolute atomic E-state index is 12.0. The number of carboxylic acid groups (broad SMARTS) is 1. The predicted octanol–water partition coefficient (Wildman–Crippen LogP) is 3.96. The Bertz CT molecular complexity index is 839. The van der Waals surface area contributed by atoms with Crippen molar-refractivity contribution in [3.63, 3.8) is 0 Å². The number of rotatable bonds is 4. The molecule has 1 unspecified atom stereocenters.